The molecule has 5 aromatic rings. The molecule has 214 valence electrons. The van der Waals surface area contributed by atoms with Crippen molar-refractivity contribution in [1.82, 2.24) is 0 Å². The second-order valence-corrected chi connectivity index (χ2v) is 14.1. The maximum absolute atomic E-state index is 5.46. The Labute approximate surface area is 251 Å². The lowest BCUT2D eigenvalue weighted by molar-refractivity contribution is 0.415. The van der Waals surface area contributed by atoms with Gasteiger partial charge in [-0.3, -0.25) is 0 Å². The molecule has 6 heteroatoms. The van der Waals surface area contributed by atoms with E-state index in [4.69, 9.17) is 18.9 Å². The van der Waals surface area contributed by atoms with Crippen molar-refractivity contribution in [2.24, 2.45) is 0 Å². The van der Waals surface area contributed by atoms with Crippen molar-refractivity contribution < 1.29 is 18.9 Å². The van der Waals surface area contributed by atoms with E-state index in [9.17, 15) is 0 Å². The van der Waals surface area contributed by atoms with E-state index in [1.807, 2.05) is 0 Å². The van der Waals surface area contributed by atoms with E-state index < -0.39 is 15.8 Å². The van der Waals surface area contributed by atoms with E-state index in [0.29, 0.717) is 0 Å². The lowest BCUT2D eigenvalue weighted by atomic mass is 10.1. The molecule has 0 fully saturated rings. The van der Waals surface area contributed by atoms with Crippen molar-refractivity contribution in [2.75, 3.05) is 28.4 Å². The van der Waals surface area contributed by atoms with Gasteiger partial charge in [-0.15, -0.1) is 0 Å². The van der Waals surface area contributed by atoms with Gasteiger partial charge in [0.25, 0.3) is 0 Å². The Balaban J connectivity index is 1.52. The van der Waals surface area contributed by atoms with Gasteiger partial charge >= 0.3 is 0 Å². The Hall–Kier alpha value is -3.84. The average molecular weight is 595 g/mol. The molecule has 0 aliphatic carbocycles. The molecule has 42 heavy (non-hydrogen) atoms. The smallest absolute Gasteiger partial charge is 0.118 e. The minimum atomic E-state index is -0.662. The number of ether oxygens (including phenoxy) is 4. The normalized spacial score (nSPS) is 11.0. The fraction of sp³-hybridized carbons (Fsp3) is 0.167. The summed E-state index contributed by atoms with van der Waals surface area (Å²) in [6.45, 7) is 0. The third kappa shape index (κ3) is 7.13. The summed E-state index contributed by atoms with van der Waals surface area (Å²) in [4.78, 5) is 0. The molecule has 0 saturated heterocycles. The fourth-order valence-electron chi connectivity index (χ4n) is 4.92. The second-order valence-electron chi connectivity index (χ2n) is 9.73. The maximum Gasteiger partial charge on any atom is 0.118 e. The molecule has 0 atom stereocenters. The molecular formula is C36H36O4P2. The Bertz CT molecular complexity index is 1340. The Kier molecular flexibility index (Phi) is 10.1. The van der Waals surface area contributed by atoms with E-state index in [1.54, 1.807) is 28.4 Å². The minimum absolute atomic E-state index is 0.662. The molecule has 0 amide bonds. The lowest BCUT2D eigenvalue weighted by Crippen LogP contribution is -2.16. The van der Waals surface area contributed by atoms with E-state index in [0.717, 1.165) is 35.3 Å². The van der Waals surface area contributed by atoms with Crippen LogP contribution < -0.4 is 40.2 Å². The Morgan fingerprint density at radius 1 is 0.357 bits per heavy atom. The number of methoxy groups -OCH3 is 4. The monoisotopic (exact) mass is 594 g/mol. The van der Waals surface area contributed by atoms with Gasteiger partial charge in [-0.2, -0.15) is 0 Å². The molecule has 0 N–H and O–H groups in total. The highest BCUT2D eigenvalue weighted by Gasteiger charge is 2.20. The van der Waals surface area contributed by atoms with Gasteiger partial charge in [0.2, 0.25) is 0 Å². The highest BCUT2D eigenvalue weighted by molar-refractivity contribution is 7.72. The van der Waals surface area contributed by atoms with Crippen LogP contribution in [-0.2, 0) is 12.3 Å². The summed E-state index contributed by atoms with van der Waals surface area (Å²) in [5, 5.41) is 5.27. The van der Waals surface area contributed by atoms with Gasteiger partial charge < -0.3 is 18.9 Å². The summed E-state index contributed by atoms with van der Waals surface area (Å²) in [7, 11) is 5.52. The van der Waals surface area contributed by atoms with Gasteiger partial charge in [0.15, 0.2) is 0 Å². The predicted molar refractivity (Wildman–Crippen MR) is 178 cm³/mol. The molecule has 0 heterocycles. The lowest BCUT2D eigenvalue weighted by Gasteiger charge is -2.24. The van der Waals surface area contributed by atoms with Gasteiger partial charge in [-0.25, -0.2) is 0 Å². The minimum Gasteiger partial charge on any atom is -0.497 e. The largest absolute Gasteiger partial charge is 0.497 e. The van der Waals surface area contributed by atoms with Crippen LogP contribution in [0.15, 0.2) is 121 Å². The summed E-state index contributed by atoms with van der Waals surface area (Å²) in [5.74, 6) is 3.48. The molecule has 0 aliphatic rings. The summed E-state index contributed by atoms with van der Waals surface area (Å²) < 4.78 is 21.8. The summed E-state index contributed by atoms with van der Waals surface area (Å²) in [6.07, 6.45) is 1.89. The zero-order valence-corrected chi connectivity index (χ0v) is 26.3. The second kappa shape index (κ2) is 14.4. The predicted octanol–water partition coefficient (Wildman–Crippen LogP) is 6.99. The van der Waals surface area contributed by atoms with Crippen LogP contribution in [0.25, 0.3) is 0 Å². The van der Waals surface area contributed by atoms with Crippen molar-refractivity contribution in [1.29, 1.82) is 0 Å². The van der Waals surface area contributed by atoms with Crippen LogP contribution in [-0.4, -0.2) is 28.4 Å². The molecule has 0 saturated carbocycles. The highest BCUT2D eigenvalue weighted by Crippen LogP contribution is 2.43. The fourth-order valence-corrected chi connectivity index (χ4v) is 9.58. The first-order valence-electron chi connectivity index (χ1n) is 13.8. The topological polar surface area (TPSA) is 36.9 Å². The van der Waals surface area contributed by atoms with Crippen molar-refractivity contribution in [3.8, 4) is 23.0 Å². The van der Waals surface area contributed by atoms with Crippen LogP contribution in [0.5, 0.6) is 23.0 Å². The van der Waals surface area contributed by atoms with Gasteiger partial charge in [0.1, 0.15) is 23.0 Å². The maximum atomic E-state index is 5.46. The van der Waals surface area contributed by atoms with Crippen molar-refractivity contribution in [3.05, 3.63) is 132 Å². The van der Waals surface area contributed by atoms with E-state index in [-0.39, 0.29) is 0 Å². The van der Waals surface area contributed by atoms with Crippen LogP contribution >= 0.6 is 15.8 Å². The first kappa shape index (κ1) is 29.6. The van der Waals surface area contributed by atoms with Gasteiger partial charge in [0.05, 0.1) is 28.4 Å². The van der Waals surface area contributed by atoms with Gasteiger partial charge in [0, 0.05) is 12.3 Å². The van der Waals surface area contributed by atoms with Gasteiger partial charge in [-0.1, -0.05) is 72.8 Å². The van der Waals surface area contributed by atoms with Crippen molar-refractivity contribution in [3.63, 3.8) is 0 Å². The molecule has 0 aliphatic heterocycles. The van der Waals surface area contributed by atoms with Crippen LogP contribution in [0.2, 0.25) is 0 Å². The molecule has 0 radical (unpaired) electrons. The van der Waals surface area contributed by atoms with Crippen molar-refractivity contribution >= 4 is 37.1 Å². The third-order valence-corrected chi connectivity index (χ3v) is 12.3. The van der Waals surface area contributed by atoms with E-state index in [2.05, 4.69) is 121 Å². The molecule has 0 unspecified atom stereocenters. The first-order chi connectivity index (χ1) is 20.6. The summed E-state index contributed by atoms with van der Waals surface area (Å²) in [5.41, 5.74) is 2.76. The molecule has 0 spiro atoms. The molecule has 0 aromatic heterocycles. The van der Waals surface area contributed by atoms with Crippen LogP contribution in [0.3, 0.4) is 0 Å². The quantitative estimate of drug-likeness (QED) is 0.146. The molecular weight excluding hydrogens is 558 g/mol. The average Bonchev–Trinajstić information content (AvgIpc) is 3.07. The standard InChI is InChI=1S/C36H36O4P2/c1-37-29-9-17-33(18-10-29)41(34-19-11-30(38-2)12-20-34)25-27-7-5-6-8-28(27)26-42(35-21-13-31(39-3)14-22-35)36-23-15-32(40-4)16-24-36/h5-24H,25-26H2,1-4H3. The zero-order chi connectivity index (χ0) is 29.3. The van der Waals surface area contributed by atoms with Gasteiger partial charge in [-0.05, 0) is 96.7 Å². The molecule has 5 aromatic carbocycles. The van der Waals surface area contributed by atoms with E-state index >= 15 is 0 Å². The summed E-state index contributed by atoms with van der Waals surface area (Å²) in [6, 6.07) is 43.1. The number of rotatable bonds is 12. The molecule has 4 nitrogen and oxygen atoms in total. The number of benzene rings is 5. The zero-order valence-electron chi connectivity index (χ0n) is 24.5. The summed E-state index contributed by atoms with van der Waals surface area (Å²) >= 11 is 0. The van der Waals surface area contributed by atoms with Crippen LogP contribution in [0.4, 0.5) is 0 Å². The van der Waals surface area contributed by atoms with E-state index in [1.165, 1.54) is 32.3 Å². The van der Waals surface area contributed by atoms with Crippen molar-refractivity contribution in [2.45, 2.75) is 12.3 Å². The SMILES string of the molecule is COc1ccc(P(Cc2ccccc2CP(c2ccc(OC)cc2)c2ccc(OC)cc2)c2ccc(OC)cc2)cc1. The highest BCUT2D eigenvalue weighted by atomic mass is 31.1. The van der Waals surface area contributed by atoms with Crippen LogP contribution in [0, 0.1) is 0 Å². The third-order valence-electron chi connectivity index (χ3n) is 7.31. The Morgan fingerprint density at radius 3 is 0.810 bits per heavy atom. The first-order valence-corrected chi connectivity index (χ1v) is 16.9. The Morgan fingerprint density at radius 2 is 0.595 bits per heavy atom. The molecule has 5 rings (SSSR count). The molecule has 0 bridgehead atoms. The number of hydrogen-bond donors (Lipinski definition) is 0. The number of hydrogen-bond acceptors (Lipinski definition) is 4. The van der Waals surface area contributed by atoms with Crippen LogP contribution in [0.1, 0.15) is 11.1 Å².